The van der Waals surface area contributed by atoms with Crippen molar-refractivity contribution < 1.29 is 0 Å². The molecule has 2 nitrogen and oxygen atoms in total. The molecule has 4 heterocycles. The Morgan fingerprint density at radius 1 is 1.26 bits per heavy atom. The minimum absolute atomic E-state index is 0.175. The summed E-state index contributed by atoms with van der Waals surface area (Å²) in [6, 6.07) is 1.15. The molecule has 0 saturated carbocycles. The maximum absolute atomic E-state index is 2.61. The molecular weight excluding hydrogens is 232 g/mol. The van der Waals surface area contributed by atoms with E-state index >= 15 is 0 Å². The monoisotopic (exact) mass is 252 g/mol. The Balaban J connectivity index is 1.76. The van der Waals surface area contributed by atoms with E-state index in [0.29, 0.717) is 6.04 Å². The highest BCUT2D eigenvalue weighted by Crippen LogP contribution is 2.45. The molecule has 19 heavy (non-hydrogen) atoms. The Labute approximate surface area is 115 Å². The van der Waals surface area contributed by atoms with E-state index in [9.17, 15) is 0 Å². The highest BCUT2D eigenvalue weighted by atomic mass is 15.3. The minimum atomic E-state index is 0.175. The molecule has 4 rings (SSSR count). The van der Waals surface area contributed by atoms with Gasteiger partial charge in [-0.1, -0.05) is 30.4 Å². The third kappa shape index (κ3) is 1.47. The van der Waals surface area contributed by atoms with Gasteiger partial charge >= 0.3 is 0 Å². The smallest absolute Gasteiger partial charge is 0.0739 e. The van der Waals surface area contributed by atoms with Crippen LogP contribution in [0.3, 0.4) is 0 Å². The largest absolute Gasteiger partial charge is 0.339 e. The van der Waals surface area contributed by atoms with Crippen LogP contribution in [-0.4, -0.2) is 34.5 Å². The summed E-state index contributed by atoms with van der Waals surface area (Å²) in [5.41, 5.74) is 1.48. The molecule has 0 aromatic heterocycles. The molecule has 0 amide bonds. The fraction of sp³-hybridized carbons (Fsp3) is 0.412. The summed E-state index contributed by atoms with van der Waals surface area (Å²) >= 11 is 0. The molecule has 1 saturated heterocycles. The summed E-state index contributed by atoms with van der Waals surface area (Å²) in [4.78, 5) is 5.03. The summed E-state index contributed by atoms with van der Waals surface area (Å²) in [6.45, 7) is 0. The maximum atomic E-state index is 2.61. The Kier molecular flexibility index (Phi) is 2.36. The van der Waals surface area contributed by atoms with Crippen LogP contribution in [0.5, 0.6) is 0 Å². The third-order valence-corrected chi connectivity index (χ3v) is 5.19. The second-order valence-corrected chi connectivity index (χ2v) is 5.96. The van der Waals surface area contributed by atoms with Crippen molar-refractivity contribution in [2.45, 2.75) is 36.9 Å². The van der Waals surface area contributed by atoms with Crippen molar-refractivity contribution >= 4 is 0 Å². The third-order valence-electron chi connectivity index (χ3n) is 5.19. The van der Waals surface area contributed by atoms with Gasteiger partial charge in [0.1, 0.15) is 0 Å². The molecule has 2 bridgehead atoms. The van der Waals surface area contributed by atoms with E-state index in [1.807, 2.05) is 0 Å². The van der Waals surface area contributed by atoms with Gasteiger partial charge in [0.05, 0.1) is 11.6 Å². The Morgan fingerprint density at radius 3 is 3.16 bits per heavy atom. The lowest BCUT2D eigenvalue weighted by molar-refractivity contribution is 0.109. The first-order valence-electron chi connectivity index (χ1n) is 7.24. The summed E-state index contributed by atoms with van der Waals surface area (Å²) in [5, 5.41) is 0. The van der Waals surface area contributed by atoms with Crippen LogP contribution in [0.25, 0.3) is 0 Å². The lowest BCUT2D eigenvalue weighted by Crippen LogP contribution is -2.58. The van der Waals surface area contributed by atoms with Gasteiger partial charge in [-0.2, -0.15) is 0 Å². The molecule has 3 atom stereocenters. The quantitative estimate of drug-likeness (QED) is 0.662. The minimum Gasteiger partial charge on any atom is -0.339 e. The highest BCUT2D eigenvalue weighted by Gasteiger charge is 2.50. The number of hydrogen-bond donors (Lipinski definition) is 0. The van der Waals surface area contributed by atoms with E-state index in [0.717, 1.165) is 6.04 Å². The van der Waals surface area contributed by atoms with Crippen molar-refractivity contribution in [3.05, 3.63) is 60.5 Å². The van der Waals surface area contributed by atoms with Gasteiger partial charge in [-0.05, 0) is 44.5 Å². The molecule has 98 valence electrons. The number of nitrogens with zero attached hydrogens (tertiary/aromatic N) is 2. The van der Waals surface area contributed by atoms with Gasteiger partial charge < -0.3 is 4.90 Å². The van der Waals surface area contributed by atoms with Crippen LogP contribution in [0.2, 0.25) is 0 Å². The highest BCUT2D eigenvalue weighted by molar-refractivity contribution is 5.40. The van der Waals surface area contributed by atoms with Crippen LogP contribution in [0, 0.1) is 0 Å². The van der Waals surface area contributed by atoms with Crippen LogP contribution < -0.4 is 0 Å². The van der Waals surface area contributed by atoms with Gasteiger partial charge in [0.25, 0.3) is 0 Å². The van der Waals surface area contributed by atoms with E-state index in [2.05, 4.69) is 71.7 Å². The van der Waals surface area contributed by atoms with E-state index in [-0.39, 0.29) is 5.54 Å². The summed E-state index contributed by atoms with van der Waals surface area (Å²) in [6.07, 6.45) is 24.1. The number of fused-ring (bicyclic) bond motifs is 3. The molecule has 4 aliphatic heterocycles. The van der Waals surface area contributed by atoms with E-state index in [4.69, 9.17) is 0 Å². The first kappa shape index (κ1) is 11.3. The van der Waals surface area contributed by atoms with Crippen molar-refractivity contribution in [2.24, 2.45) is 0 Å². The topological polar surface area (TPSA) is 6.48 Å². The van der Waals surface area contributed by atoms with Gasteiger partial charge in [0.15, 0.2) is 0 Å². The second kappa shape index (κ2) is 3.97. The van der Waals surface area contributed by atoms with E-state index in [1.165, 1.54) is 25.0 Å². The summed E-state index contributed by atoms with van der Waals surface area (Å²) < 4.78 is 0. The molecule has 1 fully saturated rings. The fourth-order valence-corrected chi connectivity index (χ4v) is 4.09. The Hall–Kier alpha value is -1.54. The molecule has 0 N–H and O–H groups in total. The maximum Gasteiger partial charge on any atom is 0.0739 e. The van der Waals surface area contributed by atoms with E-state index < -0.39 is 0 Å². The first-order chi connectivity index (χ1) is 9.31. The fourth-order valence-electron chi connectivity index (χ4n) is 4.09. The van der Waals surface area contributed by atoms with Crippen molar-refractivity contribution in [3.63, 3.8) is 0 Å². The van der Waals surface area contributed by atoms with Crippen molar-refractivity contribution in [1.82, 2.24) is 9.80 Å². The lowest BCUT2D eigenvalue weighted by atomic mass is 9.83. The van der Waals surface area contributed by atoms with Gasteiger partial charge in [-0.25, -0.2) is 0 Å². The predicted octanol–water partition coefficient (Wildman–Crippen LogP) is 2.99. The van der Waals surface area contributed by atoms with Crippen molar-refractivity contribution in [3.8, 4) is 0 Å². The molecule has 0 aromatic carbocycles. The average molecular weight is 252 g/mol. The molecule has 2 heteroatoms. The van der Waals surface area contributed by atoms with Crippen LogP contribution >= 0.6 is 0 Å². The second-order valence-electron chi connectivity index (χ2n) is 5.96. The average Bonchev–Trinajstić information content (AvgIpc) is 2.66. The zero-order valence-electron chi connectivity index (χ0n) is 11.4. The zero-order valence-corrected chi connectivity index (χ0v) is 11.4. The van der Waals surface area contributed by atoms with Crippen molar-refractivity contribution in [1.29, 1.82) is 0 Å². The molecule has 0 aromatic rings. The molecular formula is C17H20N2. The molecule has 0 aliphatic carbocycles. The molecule has 0 radical (unpaired) electrons. The number of rotatable bonds is 1. The summed E-state index contributed by atoms with van der Waals surface area (Å²) in [5.74, 6) is 0. The first-order valence-corrected chi connectivity index (χ1v) is 7.24. The Morgan fingerprint density at radius 2 is 2.21 bits per heavy atom. The van der Waals surface area contributed by atoms with Gasteiger partial charge in [-0.3, -0.25) is 4.90 Å². The SMILES string of the molecule is CN1C2CC=CC1(C1C=CC=C3C=CC=CN31)CC2. The van der Waals surface area contributed by atoms with Crippen molar-refractivity contribution in [2.75, 3.05) is 7.05 Å². The van der Waals surface area contributed by atoms with Gasteiger partial charge in [0, 0.05) is 17.9 Å². The van der Waals surface area contributed by atoms with Crippen LogP contribution in [0.4, 0.5) is 0 Å². The summed E-state index contributed by atoms with van der Waals surface area (Å²) in [7, 11) is 2.30. The number of likely N-dealkylation sites (N-methyl/N-ethyl adjacent to an activating group) is 1. The Bertz CT molecular complexity index is 537. The standard InChI is InChI=1S/C17H20N2/c1-18-14-8-5-11-17(18,12-10-14)16-9-4-7-15-6-2-3-13-19(15)16/h2-7,9,11,13-14,16H,8,10,12H2,1H3. The number of hydrogen-bond acceptors (Lipinski definition) is 2. The van der Waals surface area contributed by atoms with E-state index in [1.54, 1.807) is 0 Å². The number of allylic oxidation sites excluding steroid dienone is 5. The van der Waals surface area contributed by atoms with Gasteiger partial charge in [-0.15, -0.1) is 0 Å². The normalized spacial score (nSPS) is 39.6. The lowest BCUT2D eigenvalue weighted by Gasteiger charge is -2.49. The van der Waals surface area contributed by atoms with Gasteiger partial charge in [0.2, 0.25) is 0 Å². The predicted molar refractivity (Wildman–Crippen MR) is 78.4 cm³/mol. The molecule has 0 spiro atoms. The van der Waals surface area contributed by atoms with Crippen LogP contribution in [-0.2, 0) is 0 Å². The zero-order chi connectivity index (χ0) is 12.9. The van der Waals surface area contributed by atoms with Crippen LogP contribution in [0.1, 0.15) is 19.3 Å². The molecule has 3 unspecified atom stereocenters. The molecule has 4 aliphatic rings. The van der Waals surface area contributed by atoms with Crippen LogP contribution in [0.15, 0.2) is 60.5 Å².